The van der Waals surface area contributed by atoms with Crippen molar-refractivity contribution in [1.29, 1.82) is 0 Å². The average molecular weight is 609 g/mol. The Morgan fingerprint density at radius 2 is 1.22 bits per heavy atom. The molecule has 1 amide bonds. The van der Waals surface area contributed by atoms with Gasteiger partial charge in [0, 0.05) is 23.5 Å². The molecule has 1 aliphatic rings. The average Bonchev–Trinajstić information content (AvgIpc) is 3.44. The number of nitrogens with zero attached hydrogens (tertiary/aromatic N) is 1. The van der Waals surface area contributed by atoms with Crippen molar-refractivity contribution in [2.24, 2.45) is 0 Å². The van der Waals surface area contributed by atoms with Crippen LogP contribution in [0.4, 0.5) is 21.9 Å². The molecule has 1 fully saturated rings. The smallest absolute Gasteiger partial charge is 0.411 e. The number of hydrogen-bond acceptors (Lipinski definition) is 8. The lowest BCUT2D eigenvalue weighted by atomic mass is 9.88. The molecule has 0 radical (unpaired) electrons. The first-order valence-corrected chi connectivity index (χ1v) is 14.9. The van der Waals surface area contributed by atoms with Crippen LogP contribution in [0.15, 0.2) is 84.9 Å². The van der Waals surface area contributed by atoms with Crippen LogP contribution in [0.2, 0.25) is 0 Å². The van der Waals surface area contributed by atoms with Crippen molar-refractivity contribution in [3.05, 3.63) is 90.5 Å². The number of nitrogens with two attached hydrogens (primary N) is 3. The molecule has 0 aromatic heterocycles. The summed E-state index contributed by atoms with van der Waals surface area (Å²) in [4.78, 5) is 27.1. The molecule has 6 N–H and O–H groups in total. The van der Waals surface area contributed by atoms with Crippen molar-refractivity contribution in [1.82, 2.24) is 4.90 Å². The van der Waals surface area contributed by atoms with E-state index in [9.17, 15) is 9.59 Å². The molecule has 0 unspecified atom stereocenters. The summed E-state index contributed by atoms with van der Waals surface area (Å²) >= 11 is 0. The highest BCUT2D eigenvalue weighted by atomic mass is 16.6. The van der Waals surface area contributed by atoms with Gasteiger partial charge in [0.2, 0.25) is 0 Å². The molecule has 5 rings (SSSR count). The van der Waals surface area contributed by atoms with E-state index in [4.69, 9.17) is 31.4 Å². The van der Waals surface area contributed by atoms with Gasteiger partial charge in [-0.25, -0.2) is 9.59 Å². The lowest BCUT2D eigenvalue weighted by Gasteiger charge is -2.27. The van der Waals surface area contributed by atoms with E-state index >= 15 is 0 Å². The quantitative estimate of drug-likeness (QED) is 0.159. The van der Waals surface area contributed by atoms with Gasteiger partial charge in [0.25, 0.3) is 0 Å². The van der Waals surface area contributed by atoms with E-state index in [1.165, 1.54) is 12.0 Å². The van der Waals surface area contributed by atoms with Crippen LogP contribution < -0.4 is 17.2 Å². The van der Waals surface area contributed by atoms with Crippen LogP contribution in [0.5, 0.6) is 0 Å². The Kier molecular flexibility index (Phi) is 9.01. The third kappa shape index (κ3) is 7.38. The van der Waals surface area contributed by atoms with E-state index in [0.29, 0.717) is 17.1 Å². The van der Waals surface area contributed by atoms with Gasteiger partial charge in [0.05, 0.1) is 26.4 Å². The Labute approximate surface area is 263 Å². The Hall–Kier alpha value is -5.02. The first-order valence-electron chi connectivity index (χ1n) is 14.9. The standard InChI is InChI=1S/C36H40N4O5/c1-36(2,3)45-35(42)40-20-29(19-33(40)34(41)43-4)44-21-32-30(23-7-13-27(38)14-8-23)17-25(22-5-11-26(37)12-6-22)18-31(32)24-9-15-28(39)16-10-24/h5-18,29,33H,19-21,37-39H2,1-4H3/t29-,33+/m1/s1. The zero-order valence-corrected chi connectivity index (χ0v) is 26.1. The van der Waals surface area contributed by atoms with Crippen LogP contribution in [-0.2, 0) is 25.6 Å². The molecule has 9 nitrogen and oxygen atoms in total. The molecule has 4 aromatic rings. The summed E-state index contributed by atoms with van der Waals surface area (Å²) in [6.07, 6.45) is -0.733. The molecule has 1 heterocycles. The largest absolute Gasteiger partial charge is 0.467 e. The fraction of sp³-hybridized carbons (Fsp3) is 0.278. The molecule has 2 atom stereocenters. The second-order valence-corrected chi connectivity index (χ2v) is 12.3. The zero-order chi connectivity index (χ0) is 32.3. The summed E-state index contributed by atoms with van der Waals surface area (Å²) in [7, 11) is 1.31. The molecule has 4 aromatic carbocycles. The number of likely N-dealkylation sites (tertiary alicyclic amines) is 1. The van der Waals surface area contributed by atoms with Gasteiger partial charge in [-0.1, -0.05) is 36.4 Å². The Balaban J connectivity index is 1.56. The van der Waals surface area contributed by atoms with Gasteiger partial charge in [-0.2, -0.15) is 0 Å². The third-order valence-electron chi connectivity index (χ3n) is 7.76. The molecule has 234 valence electrons. The molecule has 0 aliphatic carbocycles. The Morgan fingerprint density at radius 1 is 0.756 bits per heavy atom. The molecule has 45 heavy (non-hydrogen) atoms. The highest BCUT2D eigenvalue weighted by molar-refractivity contribution is 5.86. The number of rotatable bonds is 7. The van der Waals surface area contributed by atoms with E-state index in [1.54, 1.807) is 20.8 Å². The van der Waals surface area contributed by atoms with Gasteiger partial charge in [0.15, 0.2) is 0 Å². The van der Waals surface area contributed by atoms with Gasteiger partial charge in [-0.3, -0.25) is 4.90 Å². The van der Waals surface area contributed by atoms with Crippen molar-refractivity contribution in [2.75, 3.05) is 30.9 Å². The van der Waals surface area contributed by atoms with E-state index < -0.39 is 29.8 Å². The van der Waals surface area contributed by atoms with Crippen LogP contribution in [0.25, 0.3) is 33.4 Å². The van der Waals surface area contributed by atoms with Gasteiger partial charge < -0.3 is 31.4 Å². The number of benzene rings is 4. The predicted molar refractivity (Wildman–Crippen MR) is 178 cm³/mol. The molecule has 0 saturated carbocycles. The normalized spacial score (nSPS) is 16.4. The lowest BCUT2D eigenvalue weighted by molar-refractivity contribution is -0.145. The number of amides is 1. The predicted octanol–water partition coefficient (Wildman–Crippen LogP) is 6.50. The molecule has 1 saturated heterocycles. The molecule has 1 aliphatic heterocycles. The maximum Gasteiger partial charge on any atom is 0.411 e. The molecule has 0 spiro atoms. The van der Waals surface area contributed by atoms with Crippen molar-refractivity contribution >= 4 is 29.1 Å². The first kappa shape index (κ1) is 31.4. The van der Waals surface area contributed by atoms with Crippen molar-refractivity contribution in [2.45, 2.75) is 51.5 Å². The first-order chi connectivity index (χ1) is 21.4. The fourth-order valence-corrected chi connectivity index (χ4v) is 5.51. The molecular weight excluding hydrogens is 568 g/mol. The lowest BCUT2D eigenvalue weighted by Crippen LogP contribution is -2.44. The molecule has 0 bridgehead atoms. The fourth-order valence-electron chi connectivity index (χ4n) is 5.51. The van der Waals surface area contributed by atoms with E-state index in [-0.39, 0.29) is 19.6 Å². The van der Waals surface area contributed by atoms with E-state index in [2.05, 4.69) is 12.1 Å². The Morgan fingerprint density at radius 3 is 1.67 bits per heavy atom. The highest BCUT2D eigenvalue weighted by Crippen LogP contribution is 2.39. The molecular formula is C36H40N4O5. The van der Waals surface area contributed by atoms with E-state index in [1.807, 2.05) is 72.8 Å². The topological polar surface area (TPSA) is 143 Å². The maximum atomic E-state index is 13.1. The second kappa shape index (κ2) is 12.9. The van der Waals surface area contributed by atoms with Crippen LogP contribution in [0, 0.1) is 0 Å². The minimum atomic E-state index is -0.809. The summed E-state index contributed by atoms with van der Waals surface area (Å²) in [6, 6.07) is 26.6. The van der Waals surface area contributed by atoms with Crippen molar-refractivity contribution in [3.63, 3.8) is 0 Å². The SMILES string of the molecule is COC(=O)[C@@H]1C[C@@H](OCc2c(-c3ccc(N)cc3)cc(-c3ccc(N)cc3)cc2-c2ccc(N)cc2)CN1C(=O)OC(C)(C)C. The number of ether oxygens (including phenoxy) is 3. The van der Waals surface area contributed by atoms with Crippen LogP contribution >= 0.6 is 0 Å². The summed E-state index contributed by atoms with van der Waals surface area (Å²) in [5, 5.41) is 0. The van der Waals surface area contributed by atoms with E-state index in [0.717, 1.165) is 38.9 Å². The minimum absolute atomic E-state index is 0.187. The van der Waals surface area contributed by atoms with Crippen molar-refractivity contribution < 1.29 is 23.8 Å². The number of hydrogen-bond donors (Lipinski definition) is 3. The number of carbonyl (C=O) groups excluding carboxylic acids is 2. The molecule has 9 heteroatoms. The number of carbonyl (C=O) groups is 2. The Bertz CT molecular complexity index is 1600. The number of methoxy groups -OCH3 is 1. The van der Waals surface area contributed by atoms with Gasteiger partial charge in [0.1, 0.15) is 11.6 Å². The maximum absolute atomic E-state index is 13.1. The summed E-state index contributed by atoms with van der Waals surface area (Å²) in [6.45, 7) is 5.75. The summed E-state index contributed by atoms with van der Waals surface area (Å²) in [5.41, 5.74) is 26.2. The number of anilines is 3. The van der Waals surface area contributed by atoms with Gasteiger partial charge >= 0.3 is 12.1 Å². The summed E-state index contributed by atoms with van der Waals surface area (Å²) in [5.74, 6) is -0.509. The number of nitrogen functional groups attached to an aromatic ring is 3. The second-order valence-electron chi connectivity index (χ2n) is 12.3. The van der Waals surface area contributed by atoms with Crippen LogP contribution in [0.1, 0.15) is 32.8 Å². The number of esters is 1. The monoisotopic (exact) mass is 608 g/mol. The van der Waals surface area contributed by atoms with Crippen molar-refractivity contribution in [3.8, 4) is 33.4 Å². The van der Waals surface area contributed by atoms with Crippen LogP contribution in [-0.4, -0.2) is 48.4 Å². The van der Waals surface area contributed by atoms with Crippen LogP contribution in [0.3, 0.4) is 0 Å². The van der Waals surface area contributed by atoms with Gasteiger partial charge in [-0.15, -0.1) is 0 Å². The summed E-state index contributed by atoms with van der Waals surface area (Å²) < 4.78 is 17.1. The zero-order valence-electron chi connectivity index (χ0n) is 26.1. The minimum Gasteiger partial charge on any atom is -0.467 e. The third-order valence-corrected chi connectivity index (χ3v) is 7.76. The highest BCUT2D eigenvalue weighted by Gasteiger charge is 2.42. The van der Waals surface area contributed by atoms with Gasteiger partial charge in [-0.05, 0) is 108 Å².